The Balaban J connectivity index is 2.24. The maximum Gasteiger partial charge on any atom is 0.226 e. The number of nitrogens with two attached hydrogens (primary N) is 1. The number of aromatic nitrogens is 4. The molecule has 2 aromatic rings. The molecule has 3 N–H and O–H groups in total. The molecule has 0 saturated heterocycles. The molecule has 0 aromatic carbocycles. The fourth-order valence-electron chi connectivity index (χ4n) is 1.85. The van der Waals surface area contributed by atoms with E-state index in [0.717, 1.165) is 19.4 Å². The number of halogens is 1. The van der Waals surface area contributed by atoms with Crippen molar-refractivity contribution >= 4 is 28.6 Å². The summed E-state index contributed by atoms with van der Waals surface area (Å²) in [6, 6.07) is 0. The molecule has 0 saturated carbocycles. The van der Waals surface area contributed by atoms with Gasteiger partial charge in [-0.25, -0.2) is 4.98 Å². The highest BCUT2D eigenvalue weighted by Crippen LogP contribution is 2.19. The van der Waals surface area contributed by atoms with E-state index >= 15 is 0 Å². The second kappa shape index (κ2) is 5.49. The van der Waals surface area contributed by atoms with E-state index in [-0.39, 0.29) is 23.6 Å². The SMILES string of the molecule is CCC(CO)CCn1cnc2c(N)nc(Cl)nc21. The van der Waals surface area contributed by atoms with Crippen LogP contribution in [0.1, 0.15) is 19.8 Å². The number of anilines is 1. The highest BCUT2D eigenvalue weighted by Gasteiger charge is 2.11. The Labute approximate surface area is 110 Å². The van der Waals surface area contributed by atoms with Gasteiger partial charge in [-0.3, -0.25) is 0 Å². The zero-order valence-electron chi connectivity index (χ0n) is 10.2. The van der Waals surface area contributed by atoms with Gasteiger partial charge in [0.15, 0.2) is 11.5 Å². The van der Waals surface area contributed by atoms with Crippen molar-refractivity contribution in [1.82, 2.24) is 19.5 Å². The standard InChI is InChI=1S/C11H16ClN5O/c1-2-7(5-18)3-4-17-6-14-8-9(13)15-11(12)16-10(8)17/h6-7,18H,2-5H2,1H3,(H2,13,15,16). The summed E-state index contributed by atoms with van der Waals surface area (Å²) in [6.45, 7) is 2.98. The minimum atomic E-state index is 0.121. The van der Waals surface area contributed by atoms with Gasteiger partial charge in [0.25, 0.3) is 0 Å². The van der Waals surface area contributed by atoms with Crippen LogP contribution in [0.25, 0.3) is 11.2 Å². The summed E-state index contributed by atoms with van der Waals surface area (Å²) in [7, 11) is 0. The molecule has 0 aliphatic heterocycles. The molecular weight excluding hydrogens is 254 g/mol. The summed E-state index contributed by atoms with van der Waals surface area (Å²) >= 11 is 5.79. The van der Waals surface area contributed by atoms with Crippen LogP contribution in [-0.4, -0.2) is 31.2 Å². The van der Waals surface area contributed by atoms with Crippen molar-refractivity contribution in [3.63, 3.8) is 0 Å². The zero-order valence-corrected chi connectivity index (χ0v) is 10.9. The first-order chi connectivity index (χ1) is 8.65. The molecule has 2 rings (SSSR count). The Kier molecular flexibility index (Phi) is 3.98. The minimum Gasteiger partial charge on any atom is -0.396 e. The summed E-state index contributed by atoms with van der Waals surface area (Å²) < 4.78 is 1.89. The van der Waals surface area contributed by atoms with Crippen molar-refractivity contribution in [2.75, 3.05) is 12.3 Å². The first-order valence-electron chi connectivity index (χ1n) is 5.90. The molecule has 1 atom stereocenters. The molecule has 0 spiro atoms. The molecular formula is C11H16ClN5O. The van der Waals surface area contributed by atoms with Gasteiger partial charge >= 0.3 is 0 Å². The van der Waals surface area contributed by atoms with E-state index in [1.54, 1.807) is 6.33 Å². The summed E-state index contributed by atoms with van der Waals surface area (Å²) in [5, 5.41) is 9.29. The summed E-state index contributed by atoms with van der Waals surface area (Å²) in [5.41, 5.74) is 6.93. The maximum absolute atomic E-state index is 9.16. The fraction of sp³-hybridized carbons (Fsp3) is 0.545. The Morgan fingerprint density at radius 2 is 2.28 bits per heavy atom. The van der Waals surface area contributed by atoms with Gasteiger partial charge in [-0.15, -0.1) is 0 Å². The van der Waals surface area contributed by atoms with Crippen LogP contribution in [0.3, 0.4) is 0 Å². The first kappa shape index (κ1) is 13.0. The molecule has 2 aromatic heterocycles. The number of hydrogen-bond acceptors (Lipinski definition) is 5. The molecule has 2 heterocycles. The number of hydrogen-bond donors (Lipinski definition) is 2. The van der Waals surface area contributed by atoms with Crippen molar-refractivity contribution in [2.24, 2.45) is 5.92 Å². The molecule has 18 heavy (non-hydrogen) atoms. The Hall–Kier alpha value is -1.40. The van der Waals surface area contributed by atoms with Crippen LogP contribution in [0.15, 0.2) is 6.33 Å². The largest absolute Gasteiger partial charge is 0.396 e. The summed E-state index contributed by atoms with van der Waals surface area (Å²) in [5.74, 6) is 0.579. The van der Waals surface area contributed by atoms with Gasteiger partial charge in [0.2, 0.25) is 5.28 Å². The number of rotatable bonds is 5. The number of imidazole rings is 1. The van der Waals surface area contributed by atoms with E-state index in [1.165, 1.54) is 0 Å². The van der Waals surface area contributed by atoms with Gasteiger partial charge < -0.3 is 15.4 Å². The summed E-state index contributed by atoms with van der Waals surface area (Å²) in [6.07, 6.45) is 3.48. The molecule has 1 unspecified atom stereocenters. The monoisotopic (exact) mass is 269 g/mol. The molecule has 0 aliphatic rings. The Morgan fingerprint density at radius 1 is 1.50 bits per heavy atom. The molecule has 7 heteroatoms. The lowest BCUT2D eigenvalue weighted by Crippen LogP contribution is -2.09. The highest BCUT2D eigenvalue weighted by atomic mass is 35.5. The second-order valence-corrected chi connectivity index (χ2v) is 4.57. The van der Waals surface area contributed by atoms with Crippen LogP contribution in [0, 0.1) is 5.92 Å². The van der Waals surface area contributed by atoms with Crippen LogP contribution >= 0.6 is 11.6 Å². The Bertz CT molecular complexity index is 537. The van der Waals surface area contributed by atoms with E-state index < -0.39 is 0 Å². The van der Waals surface area contributed by atoms with Crippen molar-refractivity contribution < 1.29 is 5.11 Å². The third kappa shape index (κ3) is 2.54. The third-order valence-electron chi connectivity index (χ3n) is 3.08. The molecule has 0 amide bonds. The van der Waals surface area contributed by atoms with E-state index in [2.05, 4.69) is 21.9 Å². The van der Waals surface area contributed by atoms with E-state index in [0.29, 0.717) is 11.2 Å². The number of nitrogens with zero attached hydrogens (tertiary/aromatic N) is 4. The van der Waals surface area contributed by atoms with Gasteiger partial charge in [-0.2, -0.15) is 9.97 Å². The fourth-order valence-corrected chi connectivity index (χ4v) is 2.02. The lowest BCUT2D eigenvalue weighted by Gasteiger charge is -2.11. The minimum absolute atomic E-state index is 0.121. The molecule has 0 aliphatic carbocycles. The number of aryl methyl sites for hydroxylation is 1. The van der Waals surface area contributed by atoms with Gasteiger partial charge in [0, 0.05) is 13.2 Å². The lowest BCUT2D eigenvalue weighted by molar-refractivity contribution is 0.210. The predicted octanol–water partition coefficient (Wildman–Crippen LogP) is 1.47. The molecule has 0 fully saturated rings. The predicted molar refractivity (Wildman–Crippen MR) is 70.2 cm³/mol. The zero-order chi connectivity index (χ0) is 13.1. The van der Waals surface area contributed by atoms with Crippen LogP contribution in [0.5, 0.6) is 0 Å². The highest BCUT2D eigenvalue weighted by molar-refractivity contribution is 6.28. The van der Waals surface area contributed by atoms with Crippen molar-refractivity contribution in [3.05, 3.63) is 11.6 Å². The van der Waals surface area contributed by atoms with E-state index in [4.69, 9.17) is 22.4 Å². The second-order valence-electron chi connectivity index (χ2n) is 4.23. The van der Waals surface area contributed by atoms with Crippen molar-refractivity contribution in [3.8, 4) is 0 Å². The van der Waals surface area contributed by atoms with Crippen molar-refractivity contribution in [2.45, 2.75) is 26.3 Å². The third-order valence-corrected chi connectivity index (χ3v) is 3.25. The van der Waals surface area contributed by atoms with E-state index in [1.807, 2.05) is 4.57 Å². The number of nitrogen functional groups attached to an aromatic ring is 1. The van der Waals surface area contributed by atoms with E-state index in [9.17, 15) is 0 Å². The quantitative estimate of drug-likeness (QED) is 0.802. The van der Waals surface area contributed by atoms with Crippen LogP contribution < -0.4 is 5.73 Å². The lowest BCUT2D eigenvalue weighted by atomic mass is 10.0. The normalized spacial score (nSPS) is 13.1. The molecule has 6 nitrogen and oxygen atoms in total. The topological polar surface area (TPSA) is 89.8 Å². The summed E-state index contributed by atoms with van der Waals surface area (Å²) in [4.78, 5) is 12.2. The van der Waals surface area contributed by atoms with Crippen LogP contribution in [0.4, 0.5) is 5.82 Å². The van der Waals surface area contributed by atoms with Crippen LogP contribution in [0.2, 0.25) is 5.28 Å². The van der Waals surface area contributed by atoms with Gasteiger partial charge in [-0.05, 0) is 23.9 Å². The number of aliphatic hydroxyl groups excluding tert-OH is 1. The molecule has 0 bridgehead atoms. The average molecular weight is 270 g/mol. The van der Waals surface area contributed by atoms with Gasteiger partial charge in [-0.1, -0.05) is 13.3 Å². The maximum atomic E-state index is 9.16. The Morgan fingerprint density at radius 3 is 2.94 bits per heavy atom. The first-order valence-corrected chi connectivity index (χ1v) is 6.28. The molecule has 0 radical (unpaired) electrons. The number of aliphatic hydroxyl groups is 1. The average Bonchev–Trinajstić information content (AvgIpc) is 2.74. The number of fused-ring (bicyclic) bond motifs is 1. The molecule has 98 valence electrons. The smallest absolute Gasteiger partial charge is 0.226 e. The van der Waals surface area contributed by atoms with Gasteiger partial charge in [0.1, 0.15) is 5.52 Å². The van der Waals surface area contributed by atoms with Crippen molar-refractivity contribution in [1.29, 1.82) is 0 Å². The van der Waals surface area contributed by atoms with Gasteiger partial charge in [0.05, 0.1) is 6.33 Å². The van der Waals surface area contributed by atoms with Crippen LogP contribution in [-0.2, 0) is 6.54 Å².